The number of para-hydroxylation sites is 2. The van der Waals surface area contributed by atoms with Gasteiger partial charge in [0.25, 0.3) is 0 Å². The molecular formula is C17H19N3O3. The molecule has 0 saturated carbocycles. The molecule has 0 aliphatic carbocycles. The lowest BCUT2D eigenvalue weighted by Crippen LogP contribution is -2.29. The minimum atomic E-state index is -0.798. The molecule has 0 spiro atoms. The van der Waals surface area contributed by atoms with Crippen LogP contribution in [0.25, 0.3) is 0 Å². The fourth-order valence-electron chi connectivity index (χ4n) is 1.99. The third-order valence-corrected chi connectivity index (χ3v) is 3.10. The number of anilines is 3. The molecule has 6 heteroatoms. The summed E-state index contributed by atoms with van der Waals surface area (Å²) in [6, 6.07) is 12.1. The third kappa shape index (κ3) is 4.23. The zero-order valence-electron chi connectivity index (χ0n) is 13.1. The number of carbonyl (C=O) groups excluding carboxylic acids is 2. The number of hydrogen-bond acceptors (Lipinski definition) is 4. The summed E-state index contributed by atoms with van der Waals surface area (Å²) in [7, 11) is 0. The smallest absolute Gasteiger partial charge is 0.314 e. The number of nitrogens with two attached hydrogens (primary N) is 1. The first kappa shape index (κ1) is 16.4. The summed E-state index contributed by atoms with van der Waals surface area (Å²) in [5, 5.41) is 5.04. The van der Waals surface area contributed by atoms with Crippen LogP contribution in [0.4, 0.5) is 17.1 Å². The molecule has 23 heavy (non-hydrogen) atoms. The summed E-state index contributed by atoms with van der Waals surface area (Å²) in [4.78, 5) is 24.1. The van der Waals surface area contributed by atoms with Gasteiger partial charge in [0.05, 0.1) is 23.7 Å². The van der Waals surface area contributed by atoms with Crippen LogP contribution in [0.1, 0.15) is 12.5 Å². The van der Waals surface area contributed by atoms with Gasteiger partial charge in [-0.1, -0.05) is 18.2 Å². The van der Waals surface area contributed by atoms with Gasteiger partial charge >= 0.3 is 11.8 Å². The van der Waals surface area contributed by atoms with Crippen molar-refractivity contribution < 1.29 is 14.3 Å². The molecule has 0 bridgehead atoms. The van der Waals surface area contributed by atoms with Gasteiger partial charge in [0.15, 0.2) is 0 Å². The summed E-state index contributed by atoms with van der Waals surface area (Å²) in [5.74, 6) is -1.09. The maximum Gasteiger partial charge on any atom is 0.314 e. The lowest BCUT2D eigenvalue weighted by molar-refractivity contribution is -0.133. The summed E-state index contributed by atoms with van der Waals surface area (Å²) < 4.78 is 5.40. The highest BCUT2D eigenvalue weighted by Crippen LogP contribution is 2.24. The first-order valence-electron chi connectivity index (χ1n) is 7.21. The number of nitrogen functional groups attached to an aromatic ring is 1. The predicted octanol–water partition coefficient (Wildman–Crippen LogP) is 2.55. The van der Waals surface area contributed by atoms with Gasteiger partial charge in [-0.2, -0.15) is 0 Å². The molecule has 2 aromatic carbocycles. The molecule has 0 aromatic heterocycles. The summed E-state index contributed by atoms with van der Waals surface area (Å²) in [5.41, 5.74) is 7.95. The van der Waals surface area contributed by atoms with Gasteiger partial charge in [0.2, 0.25) is 0 Å². The highest BCUT2D eigenvalue weighted by molar-refractivity contribution is 6.44. The van der Waals surface area contributed by atoms with E-state index in [2.05, 4.69) is 10.6 Å². The monoisotopic (exact) mass is 313 g/mol. The highest BCUT2D eigenvalue weighted by Gasteiger charge is 2.17. The Kier molecular flexibility index (Phi) is 5.19. The van der Waals surface area contributed by atoms with E-state index in [4.69, 9.17) is 10.5 Å². The van der Waals surface area contributed by atoms with Crippen LogP contribution >= 0.6 is 0 Å². The Labute approximate surface area is 134 Å². The van der Waals surface area contributed by atoms with E-state index in [9.17, 15) is 9.59 Å². The summed E-state index contributed by atoms with van der Waals surface area (Å²) >= 11 is 0. The molecule has 0 heterocycles. The second-order valence-electron chi connectivity index (χ2n) is 4.93. The third-order valence-electron chi connectivity index (χ3n) is 3.10. The Balaban J connectivity index is 2.09. The number of benzene rings is 2. The Morgan fingerprint density at radius 2 is 1.70 bits per heavy atom. The number of amides is 2. The van der Waals surface area contributed by atoms with Crippen molar-refractivity contribution in [1.29, 1.82) is 0 Å². The van der Waals surface area contributed by atoms with Crippen LogP contribution < -0.4 is 21.1 Å². The van der Waals surface area contributed by atoms with Crippen LogP contribution in [-0.2, 0) is 9.59 Å². The van der Waals surface area contributed by atoms with Crippen molar-refractivity contribution in [2.75, 3.05) is 23.0 Å². The molecule has 0 radical (unpaired) electrons. The van der Waals surface area contributed by atoms with Crippen molar-refractivity contribution in [3.8, 4) is 5.75 Å². The van der Waals surface area contributed by atoms with Gasteiger partial charge in [-0.3, -0.25) is 9.59 Å². The number of carbonyl (C=O) groups is 2. The number of hydrogen-bond donors (Lipinski definition) is 3. The number of rotatable bonds is 4. The van der Waals surface area contributed by atoms with Gasteiger partial charge in [0.1, 0.15) is 5.75 Å². The van der Waals surface area contributed by atoms with E-state index in [1.807, 2.05) is 19.9 Å². The predicted molar refractivity (Wildman–Crippen MR) is 90.5 cm³/mol. The van der Waals surface area contributed by atoms with Crippen molar-refractivity contribution in [3.05, 3.63) is 48.0 Å². The van der Waals surface area contributed by atoms with Crippen LogP contribution in [-0.4, -0.2) is 18.4 Å². The Bertz CT molecular complexity index is 729. The van der Waals surface area contributed by atoms with Crippen LogP contribution in [0.2, 0.25) is 0 Å². The van der Waals surface area contributed by atoms with Gasteiger partial charge in [-0.05, 0) is 43.7 Å². The van der Waals surface area contributed by atoms with Crippen molar-refractivity contribution >= 4 is 28.9 Å². The first-order valence-corrected chi connectivity index (χ1v) is 7.21. The maximum absolute atomic E-state index is 12.0. The number of aryl methyl sites for hydroxylation is 1. The number of ether oxygens (including phenoxy) is 1. The summed E-state index contributed by atoms with van der Waals surface area (Å²) in [6.07, 6.45) is 0. The topological polar surface area (TPSA) is 93.4 Å². The second-order valence-corrected chi connectivity index (χ2v) is 4.93. The molecule has 2 aromatic rings. The van der Waals surface area contributed by atoms with E-state index in [0.29, 0.717) is 29.4 Å². The minimum absolute atomic E-state index is 0.395. The fraction of sp³-hybridized carbons (Fsp3) is 0.176. The average molecular weight is 313 g/mol. The molecule has 2 rings (SSSR count). The van der Waals surface area contributed by atoms with Gasteiger partial charge in [0, 0.05) is 0 Å². The van der Waals surface area contributed by atoms with Gasteiger partial charge < -0.3 is 21.1 Å². The lowest BCUT2D eigenvalue weighted by atomic mass is 10.2. The van der Waals surface area contributed by atoms with Crippen molar-refractivity contribution in [1.82, 2.24) is 0 Å². The lowest BCUT2D eigenvalue weighted by Gasteiger charge is -2.12. The SMILES string of the molecule is CCOc1ccccc1NC(=O)C(=O)Nc1cc(C)ccc1N. The Hall–Kier alpha value is -3.02. The standard InChI is InChI=1S/C17H19N3O3/c1-3-23-15-7-5-4-6-13(15)19-16(21)17(22)20-14-10-11(2)8-9-12(14)18/h4-10H,3,18H2,1-2H3,(H,19,21)(H,20,22). The van der Waals surface area contributed by atoms with E-state index in [1.165, 1.54) is 0 Å². The van der Waals surface area contributed by atoms with Gasteiger partial charge in [-0.25, -0.2) is 0 Å². The second kappa shape index (κ2) is 7.31. The largest absolute Gasteiger partial charge is 0.492 e. The van der Waals surface area contributed by atoms with E-state index in [0.717, 1.165) is 5.56 Å². The van der Waals surface area contributed by atoms with Crippen molar-refractivity contribution in [2.45, 2.75) is 13.8 Å². The average Bonchev–Trinajstić information content (AvgIpc) is 2.53. The maximum atomic E-state index is 12.0. The fourth-order valence-corrected chi connectivity index (χ4v) is 1.99. The quantitative estimate of drug-likeness (QED) is 0.597. The molecule has 4 N–H and O–H groups in total. The molecule has 0 aliphatic heterocycles. The van der Waals surface area contributed by atoms with E-state index in [1.54, 1.807) is 36.4 Å². The Morgan fingerprint density at radius 3 is 2.39 bits per heavy atom. The highest BCUT2D eigenvalue weighted by atomic mass is 16.5. The molecule has 0 aliphatic rings. The van der Waals surface area contributed by atoms with E-state index >= 15 is 0 Å². The van der Waals surface area contributed by atoms with Gasteiger partial charge in [-0.15, -0.1) is 0 Å². The Morgan fingerprint density at radius 1 is 1.04 bits per heavy atom. The first-order chi connectivity index (χ1) is 11.0. The minimum Gasteiger partial charge on any atom is -0.492 e. The number of nitrogens with one attached hydrogen (secondary N) is 2. The zero-order valence-corrected chi connectivity index (χ0v) is 13.1. The van der Waals surface area contributed by atoms with Crippen LogP contribution in [0.5, 0.6) is 5.75 Å². The molecular weight excluding hydrogens is 294 g/mol. The van der Waals surface area contributed by atoms with Crippen LogP contribution in [0.15, 0.2) is 42.5 Å². The molecule has 120 valence electrons. The molecule has 0 atom stereocenters. The summed E-state index contributed by atoms with van der Waals surface area (Å²) in [6.45, 7) is 4.16. The molecule has 0 unspecified atom stereocenters. The van der Waals surface area contributed by atoms with Crippen molar-refractivity contribution in [3.63, 3.8) is 0 Å². The normalized spacial score (nSPS) is 10.0. The zero-order chi connectivity index (χ0) is 16.8. The van der Waals surface area contributed by atoms with Crippen LogP contribution in [0.3, 0.4) is 0 Å². The molecule has 0 saturated heterocycles. The molecule has 6 nitrogen and oxygen atoms in total. The van der Waals surface area contributed by atoms with E-state index < -0.39 is 11.8 Å². The van der Waals surface area contributed by atoms with E-state index in [-0.39, 0.29) is 0 Å². The molecule has 2 amide bonds. The molecule has 0 fully saturated rings. The van der Waals surface area contributed by atoms with Crippen molar-refractivity contribution in [2.24, 2.45) is 0 Å². The van der Waals surface area contributed by atoms with Crippen LogP contribution in [0, 0.1) is 6.92 Å².